The predicted molar refractivity (Wildman–Crippen MR) is 135 cm³/mol. The average Bonchev–Trinajstić information content (AvgIpc) is 3.55. The predicted octanol–water partition coefficient (Wildman–Crippen LogP) is 4.38. The van der Waals surface area contributed by atoms with Gasteiger partial charge in [-0.3, -0.25) is 4.79 Å². The number of aliphatic hydroxyl groups is 4. The Kier molecular flexibility index (Phi) is 13.8. The molecule has 0 aliphatic carbocycles. The molecule has 10 nitrogen and oxygen atoms in total. The molecule has 0 fully saturated rings. The molecule has 0 aromatic carbocycles. The molecule has 10 heteroatoms. The van der Waals surface area contributed by atoms with Crippen LogP contribution in [-0.4, -0.2) is 54.7 Å². The van der Waals surface area contributed by atoms with Crippen LogP contribution in [0.2, 0.25) is 0 Å². The number of ether oxygens (including phenoxy) is 1. The van der Waals surface area contributed by atoms with Crippen LogP contribution in [0.1, 0.15) is 121 Å². The van der Waals surface area contributed by atoms with Gasteiger partial charge in [-0.1, -0.05) is 65.2 Å². The van der Waals surface area contributed by atoms with E-state index in [1.54, 1.807) is 0 Å². The first-order valence-electron chi connectivity index (χ1n) is 13.4. The highest BCUT2D eigenvalue weighted by molar-refractivity contribution is 5.69. The standard InChI is InChI=1S/C27H44N2O8/c1-18(2)12-10-8-6-4-5-7-9-11-13-24(33)37-26(23-15-28-17-36-23)27-29-20(16-35-27)21(31)14-22(32)25(34)19(3)30/h15-19,21-22,25-26,30-32,34H,4-14H2,1-3H3/t19-,21?,22?,25+,26?/m1/s1. The summed E-state index contributed by atoms with van der Waals surface area (Å²) in [4.78, 5) is 20.6. The fourth-order valence-corrected chi connectivity index (χ4v) is 4.04. The summed E-state index contributed by atoms with van der Waals surface area (Å²) in [6.45, 7) is 5.85. The highest BCUT2D eigenvalue weighted by atomic mass is 16.6. The van der Waals surface area contributed by atoms with Crippen molar-refractivity contribution in [3.05, 3.63) is 36.2 Å². The van der Waals surface area contributed by atoms with E-state index < -0.39 is 36.5 Å². The fourth-order valence-electron chi connectivity index (χ4n) is 4.04. The molecule has 37 heavy (non-hydrogen) atoms. The zero-order chi connectivity index (χ0) is 27.2. The van der Waals surface area contributed by atoms with Crippen LogP contribution < -0.4 is 0 Å². The third-order valence-electron chi connectivity index (χ3n) is 6.33. The largest absolute Gasteiger partial charge is 0.445 e. The van der Waals surface area contributed by atoms with Crippen LogP contribution in [0.15, 0.2) is 27.7 Å². The average molecular weight is 525 g/mol. The lowest BCUT2D eigenvalue weighted by Crippen LogP contribution is -2.36. The summed E-state index contributed by atoms with van der Waals surface area (Å²) in [6, 6.07) is 0. The minimum Gasteiger partial charge on any atom is -0.445 e. The maximum Gasteiger partial charge on any atom is 0.307 e. The maximum atomic E-state index is 12.5. The number of esters is 1. The highest BCUT2D eigenvalue weighted by Gasteiger charge is 2.30. The highest BCUT2D eigenvalue weighted by Crippen LogP contribution is 2.29. The van der Waals surface area contributed by atoms with Crippen molar-refractivity contribution in [1.82, 2.24) is 9.97 Å². The minimum absolute atomic E-state index is 0.0119. The molecule has 0 radical (unpaired) electrons. The summed E-state index contributed by atoms with van der Waals surface area (Å²) in [7, 11) is 0. The van der Waals surface area contributed by atoms with Gasteiger partial charge in [-0.25, -0.2) is 9.97 Å². The Morgan fingerprint density at radius 2 is 1.59 bits per heavy atom. The van der Waals surface area contributed by atoms with Crippen molar-refractivity contribution in [1.29, 1.82) is 0 Å². The summed E-state index contributed by atoms with van der Waals surface area (Å²) < 4.78 is 16.3. The van der Waals surface area contributed by atoms with Gasteiger partial charge in [0.1, 0.15) is 24.2 Å². The summed E-state index contributed by atoms with van der Waals surface area (Å²) in [5.74, 6) is 0.558. The molecule has 0 bridgehead atoms. The number of rotatable bonds is 19. The van der Waals surface area contributed by atoms with Crippen molar-refractivity contribution in [3.8, 4) is 0 Å². The van der Waals surface area contributed by atoms with Crippen molar-refractivity contribution in [2.24, 2.45) is 5.92 Å². The number of aliphatic hydroxyl groups excluding tert-OH is 4. The van der Waals surface area contributed by atoms with E-state index in [-0.39, 0.29) is 30.2 Å². The lowest BCUT2D eigenvalue weighted by molar-refractivity contribution is -0.149. The van der Waals surface area contributed by atoms with Gasteiger partial charge in [0, 0.05) is 12.8 Å². The summed E-state index contributed by atoms with van der Waals surface area (Å²) in [5.41, 5.74) is 0.0802. The third kappa shape index (κ3) is 11.3. The van der Waals surface area contributed by atoms with E-state index in [1.807, 2.05) is 0 Å². The first kappa shape index (κ1) is 31.0. The van der Waals surface area contributed by atoms with Gasteiger partial charge in [0.25, 0.3) is 0 Å². The number of oxazole rings is 2. The van der Waals surface area contributed by atoms with E-state index in [0.717, 1.165) is 18.8 Å². The first-order valence-corrected chi connectivity index (χ1v) is 13.4. The Morgan fingerprint density at radius 3 is 2.19 bits per heavy atom. The van der Waals surface area contributed by atoms with Gasteiger partial charge >= 0.3 is 5.97 Å². The second kappa shape index (κ2) is 16.5. The molecule has 2 aromatic heterocycles. The SMILES string of the molecule is CC(C)CCCCCCCCCCC(=O)OC(c1cnco1)c1nc(C(O)CC(O)[C@@H](O)[C@@H](C)O)co1. The minimum atomic E-state index is -1.42. The molecule has 2 rings (SSSR count). The lowest BCUT2D eigenvalue weighted by atomic mass is 10.0. The van der Waals surface area contributed by atoms with Gasteiger partial charge in [-0.05, 0) is 19.3 Å². The normalized spacial score (nSPS) is 15.9. The van der Waals surface area contributed by atoms with Crippen LogP contribution >= 0.6 is 0 Å². The number of hydrogen-bond acceptors (Lipinski definition) is 10. The third-order valence-corrected chi connectivity index (χ3v) is 6.33. The number of carbonyl (C=O) groups is 1. The van der Waals surface area contributed by atoms with Gasteiger partial charge in [-0.2, -0.15) is 0 Å². The molecule has 0 spiro atoms. The van der Waals surface area contributed by atoms with Crippen LogP contribution in [0.3, 0.4) is 0 Å². The lowest BCUT2D eigenvalue weighted by Gasteiger charge is -2.21. The second-order valence-corrected chi connectivity index (χ2v) is 10.2. The molecule has 5 atom stereocenters. The molecular weight excluding hydrogens is 480 g/mol. The summed E-state index contributed by atoms with van der Waals surface area (Å²) >= 11 is 0. The van der Waals surface area contributed by atoms with Gasteiger partial charge in [0.15, 0.2) is 12.2 Å². The first-order chi connectivity index (χ1) is 17.7. The van der Waals surface area contributed by atoms with Crippen molar-refractivity contribution in [3.63, 3.8) is 0 Å². The molecule has 0 amide bonds. The molecule has 210 valence electrons. The zero-order valence-corrected chi connectivity index (χ0v) is 22.3. The smallest absolute Gasteiger partial charge is 0.307 e. The van der Waals surface area contributed by atoms with Gasteiger partial charge in [0.05, 0.1) is 18.4 Å². The molecule has 0 aliphatic heterocycles. The van der Waals surface area contributed by atoms with Crippen molar-refractivity contribution in [2.45, 2.75) is 122 Å². The van der Waals surface area contributed by atoms with Crippen molar-refractivity contribution < 1.29 is 38.8 Å². The molecule has 2 heterocycles. The topological polar surface area (TPSA) is 159 Å². The summed E-state index contributed by atoms with van der Waals surface area (Å²) in [5, 5.41) is 39.5. The molecule has 3 unspecified atom stereocenters. The molecule has 0 saturated heterocycles. The number of carbonyl (C=O) groups excluding carboxylic acids is 1. The zero-order valence-electron chi connectivity index (χ0n) is 22.3. The molecular formula is C27H44N2O8. The molecule has 0 saturated carbocycles. The van der Waals surface area contributed by atoms with Gasteiger partial charge < -0.3 is 34.0 Å². The number of unbranched alkanes of at least 4 members (excludes halogenated alkanes) is 7. The van der Waals surface area contributed by atoms with Crippen LogP contribution in [0, 0.1) is 5.92 Å². The van der Waals surface area contributed by atoms with Crippen LogP contribution in [0.5, 0.6) is 0 Å². The Hall–Kier alpha value is -2.27. The van der Waals surface area contributed by atoms with E-state index >= 15 is 0 Å². The number of nitrogens with zero attached hydrogens (tertiary/aromatic N) is 2. The number of hydrogen-bond donors (Lipinski definition) is 4. The molecule has 0 aliphatic rings. The van der Waals surface area contributed by atoms with Gasteiger partial charge in [0.2, 0.25) is 12.0 Å². The quantitative estimate of drug-likeness (QED) is 0.153. The maximum absolute atomic E-state index is 12.5. The Bertz CT molecular complexity index is 868. The van der Waals surface area contributed by atoms with Crippen molar-refractivity contribution in [2.75, 3.05) is 0 Å². The molecule has 2 aromatic rings. The van der Waals surface area contributed by atoms with Crippen molar-refractivity contribution >= 4 is 5.97 Å². The van der Waals surface area contributed by atoms with E-state index in [0.29, 0.717) is 6.42 Å². The van der Waals surface area contributed by atoms with E-state index in [1.165, 1.54) is 64.3 Å². The van der Waals surface area contributed by atoms with Crippen LogP contribution in [-0.2, 0) is 9.53 Å². The van der Waals surface area contributed by atoms with E-state index in [2.05, 4.69) is 23.8 Å². The number of aromatic nitrogens is 2. The van der Waals surface area contributed by atoms with Crippen LogP contribution in [0.25, 0.3) is 0 Å². The monoisotopic (exact) mass is 524 g/mol. The Morgan fingerprint density at radius 1 is 0.946 bits per heavy atom. The second-order valence-electron chi connectivity index (χ2n) is 10.2. The summed E-state index contributed by atoms with van der Waals surface area (Å²) in [6.07, 6.45) is 7.74. The fraction of sp³-hybridized carbons (Fsp3) is 0.741. The Balaban J connectivity index is 1.80. The molecule has 4 N–H and O–H groups in total. The Labute approximate surface area is 219 Å². The van der Waals surface area contributed by atoms with E-state index in [9.17, 15) is 25.2 Å². The van der Waals surface area contributed by atoms with Gasteiger partial charge in [-0.15, -0.1) is 0 Å². The van der Waals surface area contributed by atoms with Crippen LogP contribution in [0.4, 0.5) is 0 Å². The van der Waals surface area contributed by atoms with E-state index in [4.69, 9.17) is 13.6 Å².